The van der Waals surface area contributed by atoms with Crippen molar-refractivity contribution in [3.05, 3.63) is 46.1 Å². The van der Waals surface area contributed by atoms with E-state index in [1.54, 1.807) is 4.90 Å². The number of rotatable bonds is 4. The molecule has 2 aromatic rings. The van der Waals surface area contributed by atoms with Crippen molar-refractivity contribution >= 4 is 29.4 Å². The molecule has 0 radical (unpaired) electrons. The number of nitrogens with one attached hydrogen (secondary N) is 2. The topological polar surface area (TPSA) is 87.3 Å². The smallest absolute Gasteiger partial charge is 0.410 e. The third-order valence-electron chi connectivity index (χ3n) is 4.40. The van der Waals surface area contributed by atoms with Crippen LogP contribution < -0.4 is 5.32 Å². The van der Waals surface area contributed by atoms with E-state index < -0.39 is 5.60 Å². The third-order valence-corrected chi connectivity index (χ3v) is 4.65. The molecule has 150 valence electrons. The molecule has 0 bridgehead atoms. The predicted molar refractivity (Wildman–Crippen MR) is 107 cm³/mol. The number of benzene rings is 1. The van der Waals surface area contributed by atoms with Crippen molar-refractivity contribution in [3.8, 4) is 0 Å². The van der Waals surface area contributed by atoms with E-state index in [1.165, 1.54) is 0 Å². The summed E-state index contributed by atoms with van der Waals surface area (Å²) >= 11 is 5.87. The second-order valence-corrected chi connectivity index (χ2v) is 8.29. The van der Waals surface area contributed by atoms with Crippen LogP contribution in [-0.4, -0.2) is 39.2 Å². The van der Waals surface area contributed by atoms with E-state index in [0.29, 0.717) is 43.2 Å². The molecular weight excluding hydrogens is 380 g/mol. The van der Waals surface area contributed by atoms with Gasteiger partial charge in [-0.15, -0.1) is 0 Å². The molecule has 2 heterocycles. The second-order valence-electron chi connectivity index (χ2n) is 7.86. The van der Waals surface area contributed by atoms with E-state index in [-0.39, 0.29) is 12.0 Å². The van der Waals surface area contributed by atoms with Crippen molar-refractivity contribution in [1.82, 2.24) is 15.1 Å². The molecule has 2 N–H and O–H groups in total. The van der Waals surface area contributed by atoms with Crippen molar-refractivity contribution in [3.63, 3.8) is 0 Å². The molecule has 1 aliphatic rings. The summed E-state index contributed by atoms with van der Waals surface area (Å²) in [5.41, 5.74) is 2.29. The van der Waals surface area contributed by atoms with Gasteiger partial charge in [0.1, 0.15) is 5.60 Å². The SMILES string of the molecule is CC(C)(C)OC(=O)N1CCc2c(NC(=O)CCc3ccc(Cl)cc3)n[nH]c2C1. The number of aryl methyl sites for hydroxylation is 1. The summed E-state index contributed by atoms with van der Waals surface area (Å²) in [7, 11) is 0. The van der Waals surface area contributed by atoms with E-state index >= 15 is 0 Å². The Kier molecular flexibility index (Phi) is 5.93. The number of anilines is 1. The molecule has 1 aromatic heterocycles. The molecule has 0 atom stereocenters. The number of fused-ring (bicyclic) bond motifs is 1. The average molecular weight is 405 g/mol. The molecule has 2 amide bonds. The van der Waals surface area contributed by atoms with Gasteiger partial charge in [0.25, 0.3) is 0 Å². The first-order valence-corrected chi connectivity index (χ1v) is 9.67. The maximum atomic E-state index is 12.3. The zero-order valence-electron chi connectivity index (χ0n) is 16.3. The van der Waals surface area contributed by atoms with Gasteiger partial charge in [-0.2, -0.15) is 5.10 Å². The molecule has 28 heavy (non-hydrogen) atoms. The van der Waals surface area contributed by atoms with Gasteiger partial charge in [0.2, 0.25) is 5.91 Å². The predicted octanol–water partition coefficient (Wildman–Crippen LogP) is 3.93. The molecule has 3 rings (SSSR count). The fourth-order valence-corrected chi connectivity index (χ4v) is 3.13. The van der Waals surface area contributed by atoms with Crippen LogP contribution in [0.1, 0.15) is 44.0 Å². The van der Waals surface area contributed by atoms with Crippen LogP contribution in [0.5, 0.6) is 0 Å². The van der Waals surface area contributed by atoms with Gasteiger partial charge < -0.3 is 15.0 Å². The lowest BCUT2D eigenvalue weighted by molar-refractivity contribution is -0.116. The summed E-state index contributed by atoms with van der Waals surface area (Å²) < 4.78 is 5.42. The van der Waals surface area contributed by atoms with Gasteiger partial charge >= 0.3 is 6.09 Å². The standard InChI is InChI=1S/C20H25ClN4O3/c1-20(2,3)28-19(27)25-11-10-15-16(12-25)23-24-18(15)22-17(26)9-6-13-4-7-14(21)8-5-13/h4-5,7-8H,6,9-12H2,1-3H3,(H2,22,23,24,26). The van der Waals surface area contributed by atoms with Gasteiger partial charge in [-0.3, -0.25) is 9.89 Å². The maximum absolute atomic E-state index is 12.3. The number of carbonyl (C=O) groups excluding carboxylic acids is 2. The number of H-pyrrole nitrogens is 1. The Bertz CT molecular complexity index is 855. The van der Waals surface area contributed by atoms with E-state index in [2.05, 4.69) is 15.5 Å². The first-order chi connectivity index (χ1) is 13.2. The quantitative estimate of drug-likeness (QED) is 0.808. The van der Waals surface area contributed by atoms with Gasteiger partial charge in [-0.25, -0.2) is 4.79 Å². The minimum atomic E-state index is -0.533. The van der Waals surface area contributed by atoms with Gasteiger partial charge in [0.05, 0.1) is 12.2 Å². The highest BCUT2D eigenvalue weighted by Crippen LogP contribution is 2.25. The van der Waals surface area contributed by atoms with E-state index in [0.717, 1.165) is 16.8 Å². The summed E-state index contributed by atoms with van der Waals surface area (Å²) in [5, 5.41) is 10.7. The van der Waals surface area contributed by atoms with Gasteiger partial charge in [0.15, 0.2) is 5.82 Å². The Balaban J connectivity index is 1.55. The molecule has 0 saturated heterocycles. The normalized spacial score (nSPS) is 13.8. The molecule has 0 saturated carbocycles. The van der Waals surface area contributed by atoms with Crippen LogP contribution in [0, 0.1) is 0 Å². The van der Waals surface area contributed by atoms with E-state index in [1.807, 2.05) is 45.0 Å². The van der Waals surface area contributed by atoms with Crippen molar-refractivity contribution in [2.45, 2.75) is 52.2 Å². The molecule has 1 aliphatic heterocycles. The highest BCUT2D eigenvalue weighted by Gasteiger charge is 2.28. The van der Waals surface area contributed by atoms with Crippen LogP contribution in [0.4, 0.5) is 10.6 Å². The van der Waals surface area contributed by atoms with Crippen LogP contribution in [0.3, 0.4) is 0 Å². The fraction of sp³-hybridized carbons (Fsp3) is 0.450. The number of ether oxygens (including phenoxy) is 1. The second kappa shape index (κ2) is 8.22. The number of aromatic amines is 1. The monoisotopic (exact) mass is 404 g/mol. The lowest BCUT2D eigenvalue weighted by Crippen LogP contribution is -2.39. The summed E-state index contributed by atoms with van der Waals surface area (Å²) in [6.07, 6.45) is 1.24. The zero-order chi connectivity index (χ0) is 20.3. The molecule has 8 heteroatoms. The highest BCUT2D eigenvalue weighted by atomic mass is 35.5. The Labute approximate surface area is 169 Å². The Morgan fingerprint density at radius 2 is 2.00 bits per heavy atom. The number of hydrogen-bond donors (Lipinski definition) is 2. The molecule has 0 aliphatic carbocycles. The average Bonchev–Trinajstić information content (AvgIpc) is 3.02. The van der Waals surface area contributed by atoms with Crippen molar-refractivity contribution in [2.75, 3.05) is 11.9 Å². The summed E-state index contributed by atoms with van der Waals surface area (Å²) in [6.45, 7) is 6.43. The lowest BCUT2D eigenvalue weighted by Gasteiger charge is -2.29. The number of aromatic nitrogens is 2. The van der Waals surface area contributed by atoms with Gasteiger partial charge in [-0.05, 0) is 51.3 Å². The van der Waals surface area contributed by atoms with Gasteiger partial charge in [-0.1, -0.05) is 23.7 Å². The molecule has 0 spiro atoms. The molecule has 7 nitrogen and oxygen atoms in total. The number of halogens is 1. The Morgan fingerprint density at radius 1 is 1.29 bits per heavy atom. The van der Waals surface area contributed by atoms with Crippen molar-refractivity contribution in [1.29, 1.82) is 0 Å². The highest BCUT2D eigenvalue weighted by molar-refractivity contribution is 6.30. The molecule has 0 unspecified atom stereocenters. The minimum absolute atomic E-state index is 0.0983. The number of amides is 2. The first kappa shape index (κ1) is 20.2. The summed E-state index contributed by atoms with van der Waals surface area (Å²) in [4.78, 5) is 26.2. The van der Waals surface area contributed by atoms with Crippen molar-refractivity contribution in [2.24, 2.45) is 0 Å². The van der Waals surface area contributed by atoms with Crippen LogP contribution in [0.25, 0.3) is 0 Å². The number of hydrogen-bond acceptors (Lipinski definition) is 4. The summed E-state index contributed by atoms with van der Waals surface area (Å²) in [5.74, 6) is 0.443. The Morgan fingerprint density at radius 3 is 2.68 bits per heavy atom. The summed E-state index contributed by atoms with van der Waals surface area (Å²) in [6, 6.07) is 7.46. The minimum Gasteiger partial charge on any atom is -0.444 e. The van der Waals surface area contributed by atoms with Gasteiger partial charge in [0, 0.05) is 23.6 Å². The van der Waals surface area contributed by atoms with E-state index in [4.69, 9.17) is 16.3 Å². The number of carbonyl (C=O) groups is 2. The molecule has 0 fully saturated rings. The lowest BCUT2D eigenvalue weighted by atomic mass is 10.1. The molecular formula is C20H25ClN4O3. The van der Waals surface area contributed by atoms with Crippen LogP contribution in [-0.2, 0) is 28.9 Å². The van der Waals surface area contributed by atoms with E-state index in [9.17, 15) is 9.59 Å². The maximum Gasteiger partial charge on any atom is 0.410 e. The van der Waals surface area contributed by atoms with Crippen molar-refractivity contribution < 1.29 is 14.3 Å². The first-order valence-electron chi connectivity index (χ1n) is 9.29. The Hall–Kier alpha value is -2.54. The van der Waals surface area contributed by atoms with Crippen LogP contribution in [0.2, 0.25) is 5.02 Å². The zero-order valence-corrected chi connectivity index (χ0v) is 17.1. The fourth-order valence-electron chi connectivity index (χ4n) is 3.01. The number of nitrogens with zero attached hydrogens (tertiary/aromatic N) is 2. The molecule has 1 aromatic carbocycles. The van der Waals surface area contributed by atoms with Crippen LogP contribution >= 0.6 is 11.6 Å². The third kappa shape index (κ3) is 5.25. The largest absolute Gasteiger partial charge is 0.444 e. The van der Waals surface area contributed by atoms with Crippen LogP contribution in [0.15, 0.2) is 24.3 Å².